The summed E-state index contributed by atoms with van der Waals surface area (Å²) in [7, 11) is 0. The Hall–Kier alpha value is -2.01. The van der Waals surface area contributed by atoms with E-state index in [-0.39, 0.29) is 24.7 Å². The van der Waals surface area contributed by atoms with Crippen LogP contribution in [0, 0.1) is 0 Å². The molecule has 0 bridgehead atoms. The number of nitrogens with one attached hydrogen (secondary N) is 1. The van der Waals surface area contributed by atoms with Crippen molar-refractivity contribution in [3.05, 3.63) is 83.4 Å². The van der Waals surface area contributed by atoms with Gasteiger partial charge in [-0.1, -0.05) is 36.4 Å². The van der Waals surface area contributed by atoms with Crippen molar-refractivity contribution in [2.45, 2.75) is 62.9 Å². The number of hydrogen-bond donors (Lipinski definition) is 1. The Morgan fingerprint density at radius 3 is 1.89 bits per heavy atom. The molecule has 10 heteroatoms. The molecule has 0 aliphatic carbocycles. The molecule has 0 fully saturated rings. The first kappa shape index (κ1) is 29.2. The van der Waals surface area contributed by atoms with Crippen LogP contribution in [0.15, 0.2) is 61.2 Å². The minimum absolute atomic E-state index is 0.0796. The molecular formula is C25H29F6NO2S. The van der Waals surface area contributed by atoms with E-state index in [4.69, 9.17) is 4.74 Å². The molecule has 0 radical (unpaired) electrons. The highest BCUT2D eigenvalue weighted by molar-refractivity contribution is 7.90. The topological polar surface area (TPSA) is 44.3 Å². The lowest BCUT2D eigenvalue weighted by molar-refractivity contribution is -0.143. The van der Waals surface area contributed by atoms with E-state index >= 15 is 0 Å². The fourth-order valence-corrected chi connectivity index (χ4v) is 4.22. The van der Waals surface area contributed by atoms with E-state index in [2.05, 4.69) is 11.3 Å². The summed E-state index contributed by atoms with van der Waals surface area (Å²) in [6.07, 6.45) is -9.23. The molecule has 194 valence electrons. The van der Waals surface area contributed by atoms with Gasteiger partial charge in [0.25, 0.3) is 0 Å². The van der Waals surface area contributed by atoms with E-state index in [1.165, 1.54) is 6.92 Å². The zero-order valence-electron chi connectivity index (χ0n) is 19.9. The van der Waals surface area contributed by atoms with E-state index < -0.39 is 51.2 Å². The minimum atomic E-state index is -4.96. The van der Waals surface area contributed by atoms with E-state index in [1.807, 2.05) is 0 Å². The van der Waals surface area contributed by atoms with Gasteiger partial charge in [0.05, 0.1) is 23.8 Å². The third kappa shape index (κ3) is 7.73. The SMILES string of the molecule is C=CC[C@](COC(C)c1cc(C(F)(F)F)cc(C(F)(F)F)c1)(N[S+]([O-])C(C)(C)C)c1ccccc1. The Morgan fingerprint density at radius 1 is 0.943 bits per heavy atom. The molecule has 0 heterocycles. The molecular weight excluding hydrogens is 492 g/mol. The lowest BCUT2D eigenvalue weighted by Crippen LogP contribution is -2.53. The maximum absolute atomic E-state index is 13.3. The van der Waals surface area contributed by atoms with Gasteiger partial charge >= 0.3 is 12.4 Å². The van der Waals surface area contributed by atoms with Gasteiger partial charge in [-0.2, -0.15) is 26.3 Å². The fourth-order valence-electron chi connectivity index (χ4n) is 3.30. The lowest BCUT2D eigenvalue weighted by Gasteiger charge is -2.38. The Morgan fingerprint density at radius 2 is 1.46 bits per heavy atom. The van der Waals surface area contributed by atoms with Gasteiger partial charge < -0.3 is 9.29 Å². The van der Waals surface area contributed by atoms with Crippen LogP contribution in [0.2, 0.25) is 0 Å². The Bertz CT molecular complexity index is 956. The molecule has 2 unspecified atom stereocenters. The monoisotopic (exact) mass is 521 g/mol. The van der Waals surface area contributed by atoms with E-state index in [0.717, 1.165) is 0 Å². The van der Waals surface area contributed by atoms with Crippen LogP contribution in [0.3, 0.4) is 0 Å². The molecule has 35 heavy (non-hydrogen) atoms. The zero-order valence-corrected chi connectivity index (χ0v) is 20.7. The Kier molecular flexibility index (Phi) is 9.14. The van der Waals surface area contributed by atoms with Crippen molar-refractivity contribution in [1.82, 2.24) is 4.72 Å². The van der Waals surface area contributed by atoms with E-state index in [0.29, 0.717) is 17.7 Å². The highest BCUT2D eigenvalue weighted by Gasteiger charge is 2.41. The molecule has 1 N–H and O–H groups in total. The summed E-state index contributed by atoms with van der Waals surface area (Å²) in [4.78, 5) is 0. The number of rotatable bonds is 9. The molecule has 0 spiro atoms. The highest BCUT2D eigenvalue weighted by Crippen LogP contribution is 2.38. The van der Waals surface area contributed by atoms with Crippen molar-refractivity contribution in [2.24, 2.45) is 0 Å². The number of benzene rings is 2. The molecule has 2 aromatic rings. The molecule has 0 amide bonds. The third-order valence-corrected chi connectivity index (χ3v) is 7.01. The summed E-state index contributed by atoms with van der Waals surface area (Å²) >= 11 is -1.57. The number of ether oxygens (including phenoxy) is 1. The van der Waals surface area contributed by atoms with Gasteiger partial charge in [-0.15, -0.1) is 11.3 Å². The predicted molar refractivity (Wildman–Crippen MR) is 125 cm³/mol. The molecule has 0 aromatic heterocycles. The smallest absolute Gasteiger partial charge is 0.416 e. The second-order valence-electron chi connectivity index (χ2n) is 9.22. The number of halogens is 6. The van der Waals surface area contributed by atoms with E-state index in [9.17, 15) is 30.9 Å². The third-order valence-electron chi connectivity index (χ3n) is 5.32. The molecule has 2 aromatic carbocycles. The second-order valence-corrected chi connectivity index (χ2v) is 11.2. The highest BCUT2D eigenvalue weighted by atomic mass is 32.2. The Balaban J connectivity index is 2.46. The van der Waals surface area contributed by atoms with Crippen molar-refractivity contribution in [3.63, 3.8) is 0 Å². The van der Waals surface area contributed by atoms with Crippen LogP contribution in [0.4, 0.5) is 26.3 Å². The average Bonchev–Trinajstić information content (AvgIpc) is 2.75. The first-order valence-corrected chi connectivity index (χ1v) is 11.9. The Labute approximate surface area is 204 Å². The second kappa shape index (κ2) is 10.9. The quantitative estimate of drug-likeness (QED) is 0.214. The molecule has 2 rings (SSSR count). The standard InChI is InChI=1S/C25H29F6NO2S/c1-6-12-23(19-10-8-7-9-11-19,32-35(33)22(3,4)5)16-34-17(2)18-13-20(24(26,27)28)15-21(14-18)25(29,30)31/h6-11,13-15,17,32H,1,12,16H2,2-5H3/t17?,23-,35?/m1/s1. The maximum Gasteiger partial charge on any atom is 0.416 e. The van der Waals surface area contributed by atoms with Crippen LogP contribution in [-0.2, 0) is 34.0 Å². The molecule has 3 nitrogen and oxygen atoms in total. The lowest BCUT2D eigenvalue weighted by atomic mass is 9.88. The molecule has 0 saturated carbocycles. The summed E-state index contributed by atoms with van der Waals surface area (Å²) < 4.78 is 101. The van der Waals surface area contributed by atoms with Crippen LogP contribution in [0.25, 0.3) is 0 Å². The summed E-state index contributed by atoms with van der Waals surface area (Å²) in [6.45, 7) is 10.2. The van der Waals surface area contributed by atoms with Gasteiger partial charge in [-0.25, -0.2) is 0 Å². The van der Waals surface area contributed by atoms with Crippen molar-refractivity contribution >= 4 is 11.4 Å². The van der Waals surface area contributed by atoms with Gasteiger partial charge in [0.15, 0.2) is 0 Å². The van der Waals surface area contributed by atoms with E-state index in [1.54, 1.807) is 57.2 Å². The van der Waals surface area contributed by atoms with Crippen LogP contribution in [-0.4, -0.2) is 15.9 Å². The summed E-state index contributed by atoms with van der Waals surface area (Å²) in [6, 6.07) is 10.2. The van der Waals surface area contributed by atoms with Gasteiger partial charge in [-0.3, -0.25) is 0 Å². The molecule has 0 aliphatic heterocycles. The van der Waals surface area contributed by atoms with Gasteiger partial charge in [0.1, 0.15) is 10.3 Å². The van der Waals surface area contributed by atoms with Gasteiger partial charge in [0, 0.05) is 11.4 Å². The number of hydrogen-bond acceptors (Lipinski definition) is 3. The van der Waals surface area contributed by atoms with Crippen molar-refractivity contribution < 1.29 is 35.6 Å². The molecule has 0 aliphatic rings. The normalized spacial score (nSPS) is 16.4. The minimum Gasteiger partial charge on any atom is -0.598 e. The maximum atomic E-state index is 13.3. The van der Waals surface area contributed by atoms with Crippen LogP contribution in [0.5, 0.6) is 0 Å². The fraction of sp³-hybridized carbons (Fsp3) is 0.440. The first-order valence-electron chi connectivity index (χ1n) is 10.8. The van der Waals surface area contributed by atoms with Crippen molar-refractivity contribution in [1.29, 1.82) is 0 Å². The van der Waals surface area contributed by atoms with Crippen molar-refractivity contribution in [3.8, 4) is 0 Å². The van der Waals surface area contributed by atoms with Crippen molar-refractivity contribution in [2.75, 3.05) is 6.61 Å². The summed E-state index contributed by atoms with van der Waals surface area (Å²) in [5, 5.41) is 0. The van der Waals surface area contributed by atoms with Crippen LogP contribution >= 0.6 is 0 Å². The number of alkyl halides is 6. The average molecular weight is 522 g/mol. The largest absolute Gasteiger partial charge is 0.598 e. The van der Waals surface area contributed by atoms with Crippen LogP contribution < -0.4 is 4.72 Å². The predicted octanol–water partition coefficient (Wildman–Crippen LogP) is 7.33. The molecule has 3 atom stereocenters. The summed E-state index contributed by atoms with van der Waals surface area (Å²) in [5.41, 5.74) is -3.51. The summed E-state index contributed by atoms with van der Waals surface area (Å²) in [5.74, 6) is 0. The first-order chi connectivity index (χ1) is 16.0. The zero-order chi connectivity index (χ0) is 26.7. The van der Waals surface area contributed by atoms with Crippen LogP contribution in [0.1, 0.15) is 62.5 Å². The van der Waals surface area contributed by atoms with Gasteiger partial charge in [0.2, 0.25) is 0 Å². The van der Waals surface area contributed by atoms with Gasteiger partial charge in [-0.05, 0) is 63.4 Å². The molecule has 0 saturated heterocycles.